The van der Waals surface area contributed by atoms with Crippen molar-refractivity contribution in [2.24, 2.45) is 9.98 Å². The van der Waals surface area contributed by atoms with Gasteiger partial charge in [-0.05, 0) is 87.5 Å². The molecule has 2 heteroatoms. The van der Waals surface area contributed by atoms with Gasteiger partial charge < -0.3 is 0 Å². The van der Waals surface area contributed by atoms with Crippen molar-refractivity contribution in [1.82, 2.24) is 0 Å². The molecule has 0 unspecified atom stereocenters. The minimum Gasteiger partial charge on any atom is -0.251 e. The largest absolute Gasteiger partial charge is 0.251 e. The van der Waals surface area contributed by atoms with Gasteiger partial charge in [0.25, 0.3) is 0 Å². The lowest BCUT2D eigenvalue weighted by atomic mass is 10.0. The highest BCUT2D eigenvalue weighted by Gasteiger charge is 2.13. The van der Waals surface area contributed by atoms with Crippen molar-refractivity contribution in [3.05, 3.63) is 59.7 Å². The van der Waals surface area contributed by atoms with E-state index in [-0.39, 0.29) is 0 Å². The van der Waals surface area contributed by atoms with Crippen molar-refractivity contribution in [2.75, 3.05) is 0 Å². The molecule has 0 saturated carbocycles. The highest BCUT2D eigenvalue weighted by Crippen LogP contribution is 2.26. The summed E-state index contributed by atoms with van der Waals surface area (Å²) in [6, 6.07) is 17.6. The first-order chi connectivity index (χ1) is 29.7. The lowest BCUT2D eigenvalue weighted by molar-refractivity contribution is 0.551. The summed E-state index contributed by atoms with van der Waals surface area (Å²) in [6.45, 7) is 9.15. The molecule has 0 atom stereocenters. The Kier molecular flexibility index (Phi) is 35.4. The normalized spacial score (nSPS) is 11.7. The molecule has 334 valence electrons. The van der Waals surface area contributed by atoms with Crippen LogP contribution in [0.5, 0.6) is 0 Å². The molecule has 0 spiro atoms. The first-order valence-electron chi connectivity index (χ1n) is 26.0. The van der Waals surface area contributed by atoms with Gasteiger partial charge in [0.2, 0.25) is 0 Å². The van der Waals surface area contributed by atoms with Gasteiger partial charge in [0.05, 0.1) is 22.8 Å². The summed E-state index contributed by atoms with van der Waals surface area (Å²) in [5.41, 5.74) is 7.24. The molecule has 2 aromatic rings. The zero-order chi connectivity index (χ0) is 42.8. The maximum atomic E-state index is 5.45. The third kappa shape index (κ3) is 28.4. The number of rotatable bonds is 37. The quantitative estimate of drug-likeness (QED) is 0.0369. The third-order valence-electron chi connectivity index (χ3n) is 11.9. The van der Waals surface area contributed by atoms with Crippen LogP contribution in [0.25, 0.3) is 0 Å². The van der Waals surface area contributed by atoms with E-state index in [1.165, 1.54) is 164 Å². The van der Waals surface area contributed by atoms with E-state index in [1.54, 1.807) is 0 Å². The van der Waals surface area contributed by atoms with Crippen molar-refractivity contribution in [3.63, 3.8) is 0 Å². The van der Waals surface area contributed by atoms with Gasteiger partial charge in [-0.2, -0.15) is 0 Å². The van der Waals surface area contributed by atoms with E-state index >= 15 is 0 Å². The fraction of sp³-hybridized carbons (Fsp3) is 0.690. The number of unbranched alkanes of at least 4 members (excludes halogenated alkanes) is 26. The Hall–Kier alpha value is -3.10. The molecule has 0 aliphatic carbocycles. The van der Waals surface area contributed by atoms with Crippen LogP contribution in [-0.2, 0) is 12.8 Å². The topological polar surface area (TPSA) is 24.7 Å². The Morgan fingerprint density at radius 1 is 0.333 bits per heavy atom. The molecule has 2 rings (SSSR count). The van der Waals surface area contributed by atoms with Crippen LogP contribution in [0.4, 0.5) is 11.4 Å². The number of hydrogen-bond donors (Lipinski definition) is 0. The molecule has 0 aliphatic heterocycles. The highest BCUT2D eigenvalue weighted by molar-refractivity contribution is 6.43. The first kappa shape index (κ1) is 53.0. The van der Waals surface area contributed by atoms with Crippen molar-refractivity contribution in [1.29, 1.82) is 0 Å². The number of para-hydroxylation sites is 2. The molecule has 60 heavy (non-hydrogen) atoms. The van der Waals surface area contributed by atoms with Crippen LogP contribution in [-0.4, -0.2) is 11.4 Å². The monoisotopic (exact) mass is 817 g/mol. The van der Waals surface area contributed by atoms with Crippen molar-refractivity contribution >= 4 is 22.8 Å². The molecule has 2 nitrogen and oxygen atoms in total. The molecular weight excluding hydrogens is 725 g/mol. The molecule has 0 heterocycles. The summed E-state index contributed by atoms with van der Waals surface area (Å²) in [4.78, 5) is 10.9. The lowest BCUT2D eigenvalue weighted by Gasteiger charge is -2.14. The fourth-order valence-electron chi connectivity index (χ4n) is 8.01. The Balaban J connectivity index is 1.90. The van der Waals surface area contributed by atoms with Crippen molar-refractivity contribution < 1.29 is 0 Å². The van der Waals surface area contributed by atoms with Crippen molar-refractivity contribution in [3.8, 4) is 23.7 Å². The molecular formula is C58H92N2. The van der Waals surface area contributed by atoms with Crippen LogP contribution >= 0.6 is 0 Å². The van der Waals surface area contributed by atoms with Crippen LogP contribution in [0, 0.1) is 23.7 Å². The van der Waals surface area contributed by atoms with Gasteiger partial charge in [-0.15, -0.1) is 23.7 Å². The Bertz CT molecular complexity index is 1380. The SMILES string of the molecule is CCCCCCCCCCCCCC#CCCCc1ccccc1N=C(CCCC)C(CCCC)=Nc1ccccc1CCCC#CCCCCCCCCCCCCC. The zero-order valence-corrected chi connectivity index (χ0v) is 40.0. The lowest BCUT2D eigenvalue weighted by Crippen LogP contribution is -2.14. The maximum absolute atomic E-state index is 5.45. The summed E-state index contributed by atoms with van der Waals surface area (Å²) in [7, 11) is 0. The second-order valence-electron chi connectivity index (χ2n) is 17.6. The van der Waals surface area contributed by atoms with Gasteiger partial charge in [-0.25, -0.2) is 0 Å². The molecule has 0 aliphatic rings. The van der Waals surface area contributed by atoms with Gasteiger partial charge in [0, 0.05) is 25.7 Å². The van der Waals surface area contributed by atoms with E-state index in [0.29, 0.717) is 0 Å². The predicted octanol–water partition coefficient (Wildman–Crippen LogP) is 19.0. The van der Waals surface area contributed by atoms with Crippen LogP contribution in [0.15, 0.2) is 58.5 Å². The van der Waals surface area contributed by atoms with Gasteiger partial charge in [-0.1, -0.05) is 205 Å². The Labute approximate surface area is 373 Å². The second-order valence-corrected chi connectivity index (χ2v) is 17.6. The van der Waals surface area contributed by atoms with Gasteiger partial charge in [0.15, 0.2) is 0 Å². The molecule has 0 aromatic heterocycles. The molecule has 0 radical (unpaired) electrons. The Morgan fingerprint density at radius 3 is 0.950 bits per heavy atom. The summed E-state index contributed by atoms with van der Waals surface area (Å²) in [6.07, 6.45) is 45.2. The van der Waals surface area contributed by atoms with Gasteiger partial charge in [-0.3, -0.25) is 9.98 Å². The number of nitrogens with zero attached hydrogens (tertiary/aromatic N) is 2. The minimum absolute atomic E-state index is 0.962. The number of aryl methyl sites for hydroxylation is 2. The molecule has 2 aromatic carbocycles. The molecule has 0 bridgehead atoms. The average molecular weight is 817 g/mol. The molecule has 0 N–H and O–H groups in total. The molecule has 0 amide bonds. The van der Waals surface area contributed by atoms with Crippen LogP contribution in [0.3, 0.4) is 0 Å². The smallest absolute Gasteiger partial charge is 0.0665 e. The molecule has 0 saturated heterocycles. The maximum Gasteiger partial charge on any atom is 0.0665 e. The summed E-state index contributed by atoms with van der Waals surface area (Å²) >= 11 is 0. The highest BCUT2D eigenvalue weighted by atomic mass is 14.8. The summed E-state index contributed by atoms with van der Waals surface area (Å²) in [5, 5.41) is 0. The standard InChI is InChI=1S/C58H92N2/c1-5-9-13-15-17-19-21-23-25-27-29-31-33-35-37-39-45-53-47-41-43-51-55(53)59-57(49-11-7-3)58(50-12-8-4)60-56-52-44-42-48-54(56)46-40-38-36-34-32-30-28-26-24-22-20-18-16-14-10-6-2/h41-44,47-48,51-52H,5-32,37-40,45-46,49-50H2,1-4H3. The molecule has 0 fully saturated rings. The minimum atomic E-state index is 0.962. The second kappa shape index (κ2) is 40.0. The Morgan fingerprint density at radius 2 is 0.617 bits per heavy atom. The fourth-order valence-corrected chi connectivity index (χ4v) is 8.01. The van der Waals surface area contributed by atoms with Crippen LogP contribution < -0.4 is 0 Å². The van der Waals surface area contributed by atoms with E-state index < -0.39 is 0 Å². The average Bonchev–Trinajstić information content (AvgIpc) is 3.27. The first-order valence-corrected chi connectivity index (χ1v) is 26.0. The van der Waals surface area contributed by atoms with Crippen LogP contribution in [0.1, 0.15) is 257 Å². The predicted molar refractivity (Wildman–Crippen MR) is 270 cm³/mol. The van der Waals surface area contributed by atoms with Crippen LogP contribution in [0.2, 0.25) is 0 Å². The summed E-state index contributed by atoms with van der Waals surface area (Å²) in [5.74, 6) is 13.9. The number of benzene rings is 2. The van der Waals surface area contributed by atoms with E-state index in [4.69, 9.17) is 9.98 Å². The third-order valence-corrected chi connectivity index (χ3v) is 11.9. The number of hydrogen-bond acceptors (Lipinski definition) is 2. The zero-order valence-electron chi connectivity index (χ0n) is 40.0. The van der Waals surface area contributed by atoms with E-state index in [2.05, 4.69) is 99.9 Å². The van der Waals surface area contributed by atoms with Gasteiger partial charge >= 0.3 is 0 Å². The number of aliphatic imine (C=N–C) groups is 2. The van der Waals surface area contributed by atoms with Gasteiger partial charge in [0.1, 0.15) is 0 Å². The van der Waals surface area contributed by atoms with E-state index in [1.807, 2.05) is 0 Å². The van der Waals surface area contributed by atoms with E-state index in [9.17, 15) is 0 Å². The van der Waals surface area contributed by atoms with E-state index in [0.717, 1.165) is 101 Å². The summed E-state index contributed by atoms with van der Waals surface area (Å²) < 4.78 is 0. The van der Waals surface area contributed by atoms with Crippen molar-refractivity contribution in [2.45, 2.75) is 259 Å².